The molecule has 0 unspecified atom stereocenters. The molecule has 0 spiro atoms. The van der Waals surface area contributed by atoms with Crippen LogP contribution in [0.3, 0.4) is 0 Å². The summed E-state index contributed by atoms with van der Waals surface area (Å²) >= 11 is 0. The molecule has 3 rings (SSSR count). The van der Waals surface area contributed by atoms with Crippen LogP contribution >= 0.6 is 0 Å². The molecule has 0 saturated carbocycles. The lowest BCUT2D eigenvalue weighted by molar-refractivity contribution is -0.138. The molecule has 7 nitrogen and oxygen atoms in total. The topological polar surface area (TPSA) is 101 Å². The van der Waals surface area contributed by atoms with E-state index in [2.05, 4.69) is 16.2 Å². The number of likely N-dealkylation sites (tertiary alicyclic amines) is 1. The number of halogens is 3. The standard InChI is InChI=1S/C24H30F3N5O2/c1-15(2)6-4-7-16(3)11-13-33-20-10-9-17(14-18(20)24(25,26)27)21-30-22(34-31-21)19-8-5-12-32(19)23(28)29/h6,9-11,14,19H,4-5,7-8,12-13H2,1-3H3,(H3,28,29)/b16-11+/t19-/m0/s1. The molecule has 1 aliphatic rings. The maximum Gasteiger partial charge on any atom is 0.419 e. The lowest BCUT2D eigenvalue weighted by atomic mass is 10.1. The summed E-state index contributed by atoms with van der Waals surface area (Å²) in [5.74, 6) is -0.0982. The van der Waals surface area contributed by atoms with Gasteiger partial charge in [-0.15, -0.1) is 0 Å². The van der Waals surface area contributed by atoms with Crippen LogP contribution in [0, 0.1) is 5.41 Å². The summed E-state index contributed by atoms with van der Waals surface area (Å²) in [4.78, 5) is 5.91. The van der Waals surface area contributed by atoms with Gasteiger partial charge in [0.05, 0.1) is 5.56 Å². The van der Waals surface area contributed by atoms with Gasteiger partial charge in [0.1, 0.15) is 18.4 Å². The van der Waals surface area contributed by atoms with E-state index in [1.807, 2.05) is 20.8 Å². The molecule has 1 fully saturated rings. The smallest absolute Gasteiger partial charge is 0.419 e. The van der Waals surface area contributed by atoms with E-state index < -0.39 is 11.7 Å². The van der Waals surface area contributed by atoms with Crippen LogP contribution in [0.1, 0.15) is 64.0 Å². The van der Waals surface area contributed by atoms with Crippen LogP contribution in [0.25, 0.3) is 11.4 Å². The van der Waals surface area contributed by atoms with Gasteiger partial charge in [0, 0.05) is 12.1 Å². The third-order valence-electron chi connectivity index (χ3n) is 5.59. The van der Waals surface area contributed by atoms with Crippen molar-refractivity contribution in [2.24, 2.45) is 5.73 Å². The highest BCUT2D eigenvalue weighted by atomic mass is 19.4. The second-order valence-electron chi connectivity index (χ2n) is 8.58. The summed E-state index contributed by atoms with van der Waals surface area (Å²) in [7, 11) is 0. The highest BCUT2D eigenvalue weighted by Crippen LogP contribution is 2.39. The first-order valence-electron chi connectivity index (χ1n) is 11.1. The molecule has 1 aromatic carbocycles. The average molecular weight is 478 g/mol. The number of nitrogens with two attached hydrogens (primary N) is 1. The zero-order valence-electron chi connectivity index (χ0n) is 19.6. The molecule has 3 N–H and O–H groups in total. The summed E-state index contributed by atoms with van der Waals surface area (Å²) in [5.41, 5.74) is 7.13. The first kappa shape index (κ1) is 25.3. The molecular weight excluding hydrogens is 447 g/mol. The van der Waals surface area contributed by atoms with Crippen molar-refractivity contribution >= 4 is 5.96 Å². The molecule has 0 amide bonds. The van der Waals surface area contributed by atoms with Crippen LogP contribution in [0.4, 0.5) is 13.2 Å². The van der Waals surface area contributed by atoms with E-state index in [1.54, 1.807) is 11.0 Å². The molecule has 34 heavy (non-hydrogen) atoms. The predicted octanol–water partition coefficient (Wildman–Crippen LogP) is 5.86. The van der Waals surface area contributed by atoms with Gasteiger partial charge in [-0.3, -0.25) is 5.41 Å². The van der Waals surface area contributed by atoms with E-state index in [1.165, 1.54) is 17.7 Å². The Bertz CT molecular complexity index is 1070. The summed E-state index contributed by atoms with van der Waals surface area (Å²) in [5, 5.41) is 11.5. The maximum atomic E-state index is 13.8. The normalized spacial score (nSPS) is 16.6. The molecule has 1 atom stereocenters. The van der Waals surface area contributed by atoms with Crippen molar-refractivity contribution in [3.63, 3.8) is 0 Å². The summed E-state index contributed by atoms with van der Waals surface area (Å²) < 4.78 is 52.0. The second kappa shape index (κ2) is 10.8. The Hall–Kier alpha value is -3.30. The number of rotatable bonds is 8. The third-order valence-corrected chi connectivity index (χ3v) is 5.59. The Labute approximate surface area is 197 Å². The highest BCUT2D eigenvalue weighted by molar-refractivity contribution is 5.75. The minimum absolute atomic E-state index is 0.0393. The van der Waals surface area contributed by atoms with Crippen LogP contribution in [-0.4, -0.2) is 34.2 Å². The quantitative estimate of drug-likeness (QED) is 0.281. The van der Waals surface area contributed by atoms with E-state index in [0.29, 0.717) is 13.0 Å². The van der Waals surface area contributed by atoms with Crippen molar-refractivity contribution in [1.82, 2.24) is 15.0 Å². The van der Waals surface area contributed by atoms with Gasteiger partial charge in [-0.2, -0.15) is 18.2 Å². The van der Waals surface area contributed by atoms with Crippen molar-refractivity contribution in [3.05, 3.63) is 53.0 Å². The van der Waals surface area contributed by atoms with E-state index in [-0.39, 0.29) is 41.6 Å². The second-order valence-corrected chi connectivity index (χ2v) is 8.58. The van der Waals surface area contributed by atoms with Crippen LogP contribution in [0.2, 0.25) is 0 Å². The minimum atomic E-state index is -4.61. The molecule has 1 aliphatic heterocycles. The summed E-state index contributed by atoms with van der Waals surface area (Å²) in [6.07, 6.45) is 2.47. The van der Waals surface area contributed by atoms with Gasteiger partial charge in [0.25, 0.3) is 0 Å². The van der Waals surface area contributed by atoms with Crippen LogP contribution in [-0.2, 0) is 6.18 Å². The average Bonchev–Trinajstić information content (AvgIpc) is 3.42. The maximum absolute atomic E-state index is 13.8. The van der Waals surface area contributed by atoms with Gasteiger partial charge < -0.3 is 19.9 Å². The van der Waals surface area contributed by atoms with Gasteiger partial charge in [0.15, 0.2) is 5.96 Å². The molecule has 2 aromatic rings. The van der Waals surface area contributed by atoms with Gasteiger partial charge >= 0.3 is 6.18 Å². The van der Waals surface area contributed by atoms with Crippen molar-refractivity contribution in [2.75, 3.05) is 13.2 Å². The number of guanidine groups is 1. The predicted molar refractivity (Wildman–Crippen MR) is 123 cm³/mol. The van der Waals surface area contributed by atoms with Crippen LogP contribution < -0.4 is 10.5 Å². The molecule has 1 saturated heterocycles. The number of alkyl halides is 3. The van der Waals surface area contributed by atoms with Gasteiger partial charge in [-0.25, -0.2) is 0 Å². The SMILES string of the molecule is CC(C)=CCC/C(C)=C/COc1ccc(-c2noc([C@@H]3CCCN3C(=N)N)n2)cc1C(F)(F)F. The molecule has 2 heterocycles. The Kier molecular flexibility index (Phi) is 8.01. The molecule has 184 valence electrons. The van der Waals surface area contributed by atoms with E-state index >= 15 is 0 Å². The fraction of sp³-hybridized carbons (Fsp3) is 0.458. The monoisotopic (exact) mass is 477 g/mol. The molecule has 0 aliphatic carbocycles. The molecule has 0 radical (unpaired) electrons. The molecule has 1 aromatic heterocycles. The highest BCUT2D eigenvalue weighted by Gasteiger charge is 2.36. The number of nitrogens with one attached hydrogen (secondary N) is 1. The number of benzene rings is 1. The number of hydrogen-bond donors (Lipinski definition) is 2. The Morgan fingerprint density at radius 2 is 2.06 bits per heavy atom. The lowest BCUT2D eigenvalue weighted by Crippen LogP contribution is -2.35. The minimum Gasteiger partial charge on any atom is -0.489 e. The fourth-order valence-corrected chi connectivity index (χ4v) is 3.78. The van der Waals surface area contributed by atoms with Crippen molar-refractivity contribution in [1.29, 1.82) is 5.41 Å². The van der Waals surface area contributed by atoms with Crippen molar-refractivity contribution in [3.8, 4) is 17.1 Å². The number of aromatic nitrogens is 2. The Morgan fingerprint density at radius 1 is 1.29 bits per heavy atom. The summed E-state index contributed by atoms with van der Waals surface area (Å²) in [6, 6.07) is 3.36. The zero-order valence-corrected chi connectivity index (χ0v) is 19.6. The van der Waals surface area contributed by atoms with Gasteiger partial charge in [-0.05, 0) is 70.7 Å². The van der Waals surface area contributed by atoms with Crippen molar-refractivity contribution in [2.45, 2.75) is 58.7 Å². The first-order chi connectivity index (χ1) is 16.1. The first-order valence-corrected chi connectivity index (χ1v) is 11.1. The Morgan fingerprint density at radius 3 is 2.74 bits per heavy atom. The van der Waals surface area contributed by atoms with Gasteiger partial charge in [-0.1, -0.05) is 22.4 Å². The third kappa shape index (κ3) is 6.39. The van der Waals surface area contributed by atoms with Crippen LogP contribution in [0.5, 0.6) is 5.75 Å². The van der Waals surface area contributed by atoms with E-state index in [9.17, 15) is 13.2 Å². The zero-order chi connectivity index (χ0) is 24.9. The molecule has 0 bridgehead atoms. The van der Waals surface area contributed by atoms with Gasteiger partial charge in [0.2, 0.25) is 11.7 Å². The largest absolute Gasteiger partial charge is 0.489 e. The number of nitrogens with zero attached hydrogens (tertiary/aromatic N) is 3. The fourth-order valence-electron chi connectivity index (χ4n) is 3.78. The molecular formula is C24H30F3N5O2. The summed E-state index contributed by atoms with van der Waals surface area (Å²) in [6.45, 7) is 6.61. The number of hydrogen-bond acceptors (Lipinski definition) is 5. The van der Waals surface area contributed by atoms with Crippen LogP contribution in [0.15, 0.2) is 46.0 Å². The van der Waals surface area contributed by atoms with Crippen molar-refractivity contribution < 1.29 is 22.4 Å². The Balaban J connectivity index is 1.76. The van der Waals surface area contributed by atoms with E-state index in [0.717, 1.165) is 30.9 Å². The molecule has 10 heteroatoms. The number of allylic oxidation sites excluding steroid dienone is 3. The van der Waals surface area contributed by atoms with E-state index in [4.69, 9.17) is 20.4 Å². The lowest BCUT2D eigenvalue weighted by Gasteiger charge is -2.21. The number of ether oxygens (including phenoxy) is 1.